The second-order valence-corrected chi connectivity index (χ2v) is 4.77. The van der Waals surface area contributed by atoms with Gasteiger partial charge in [-0.3, -0.25) is 9.63 Å². The van der Waals surface area contributed by atoms with Crippen molar-refractivity contribution < 1.29 is 9.63 Å². The van der Waals surface area contributed by atoms with Crippen LogP contribution in [-0.4, -0.2) is 36.7 Å². The van der Waals surface area contributed by atoms with Crippen molar-refractivity contribution in [3.05, 3.63) is 0 Å². The molecule has 0 aromatic rings. The number of nitrogens with one attached hydrogen (secondary N) is 1. The number of carbonyl (C=O) groups is 1. The highest BCUT2D eigenvalue weighted by Gasteiger charge is 2.21. The van der Waals surface area contributed by atoms with Crippen molar-refractivity contribution in [1.82, 2.24) is 10.4 Å². The van der Waals surface area contributed by atoms with Gasteiger partial charge in [-0.1, -0.05) is 0 Å². The number of carbonyl (C=O) groups excluding carboxylic acids is 1. The average molecular weight is 200 g/mol. The van der Waals surface area contributed by atoms with Gasteiger partial charge in [0, 0.05) is 0 Å². The molecule has 0 aromatic carbocycles. The molecular formula is C10H20N2O2. The van der Waals surface area contributed by atoms with Gasteiger partial charge in [-0.15, -0.1) is 0 Å². The summed E-state index contributed by atoms with van der Waals surface area (Å²) in [5, 5.41) is 4.68. The fourth-order valence-corrected chi connectivity index (χ4v) is 1.58. The Morgan fingerprint density at radius 2 is 2.29 bits per heavy atom. The largest absolute Gasteiger partial charge is 0.316 e. The summed E-state index contributed by atoms with van der Waals surface area (Å²) in [5.74, 6) is 0.530. The van der Waals surface area contributed by atoms with Gasteiger partial charge in [0.2, 0.25) is 6.41 Å². The van der Waals surface area contributed by atoms with Crippen LogP contribution >= 0.6 is 0 Å². The number of nitrogens with zero attached hydrogens (tertiary/aromatic N) is 1. The van der Waals surface area contributed by atoms with E-state index in [1.54, 1.807) is 0 Å². The van der Waals surface area contributed by atoms with E-state index in [0.717, 1.165) is 25.9 Å². The predicted molar refractivity (Wildman–Crippen MR) is 54.6 cm³/mol. The van der Waals surface area contributed by atoms with Crippen LogP contribution in [0, 0.1) is 5.92 Å². The summed E-state index contributed by atoms with van der Waals surface area (Å²) in [5.41, 5.74) is -0.299. The van der Waals surface area contributed by atoms with Gasteiger partial charge in [0.1, 0.15) is 0 Å². The topological polar surface area (TPSA) is 41.6 Å². The summed E-state index contributed by atoms with van der Waals surface area (Å²) < 4.78 is 0. The summed E-state index contributed by atoms with van der Waals surface area (Å²) in [4.78, 5) is 16.2. The van der Waals surface area contributed by atoms with Crippen molar-refractivity contribution in [2.24, 2.45) is 5.92 Å². The van der Waals surface area contributed by atoms with Crippen LogP contribution in [0.3, 0.4) is 0 Å². The van der Waals surface area contributed by atoms with Gasteiger partial charge >= 0.3 is 0 Å². The molecular weight excluding hydrogens is 180 g/mol. The lowest BCUT2D eigenvalue weighted by molar-refractivity contribution is -0.219. The van der Waals surface area contributed by atoms with Crippen molar-refractivity contribution in [2.45, 2.75) is 32.8 Å². The molecule has 0 aromatic heterocycles. The van der Waals surface area contributed by atoms with Crippen molar-refractivity contribution in [3.8, 4) is 0 Å². The second-order valence-electron chi connectivity index (χ2n) is 4.77. The molecule has 1 fully saturated rings. The molecule has 0 spiro atoms. The highest BCUT2D eigenvalue weighted by Crippen LogP contribution is 2.13. The molecule has 0 aliphatic carbocycles. The maximum atomic E-state index is 10.8. The van der Waals surface area contributed by atoms with E-state index in [-0.39, 0.29) is 5.60 Å². The van der Waals surface area contributed by atoms with Crippen LogP contribution < -0.4 is 5.32 Å². The minimum atomic E-state index is -0.299. The monoisotopic (exact) mass is 200 g/mol. The Morgan fingerprint density at radius 3 is 2.71 bits per heavy atom. The van der Waals surface area contributed by atoms with Crippen LogP contribution in [0.25, 0.3) is 0 Å². The fraction of sp³-hybridized carbons (Fsp3) is 0.900. The van der Waals surface area contributed by atoms with E-state index in [2.05, 4.69) is 5.32 Å². The molecule has 0 radical (unpaired) electrons. The van der Waals surface area contributed by atoms with Gasteiger partial charge in [-0.05, 0) is 46.2 Å². The lowest BCUT2D eigenvalue weighted by Crippen LogP contribution is -2.36. The molecule has 1 aliphatic rings. The summed E-state index contributed by atoms with van der Waals surface area (Å²) in [6, 6.07) is 0. The summed E-state index contributed by atoms with van der Waals surface area (Å²) in [7, 11) is 0. The normalized spacial score (nSPS) is 22.4. The van der Waals surface area contributed by atoms with E-state index in [0.29, 0.717) is 12.5 Å². The average Bonchev–Trinajstić information content (AvgIpc) is 2.53. The van der Waals surface area contributed by atoms with E-state index in [1.165, 1.54) is 5.06 Å². The van der Waals surface area contributed by atoms with Gasteiger partial charge in [0.05, 0.1) is 12.1 Å². The molecule has 4 heteroatoms. The first-order valence-electron chi connectivity index (χ1n) is 5.13. The van der Waals surface area contributed by atoms with E-state index in [9.17, 15) is 4.79 Å². The number of rotatable bonds is 4. The minimum absolute atomic E-state index is 0.299. The maximum Gasteiger partial charge on any atom is 0.233 e. The van der Waals surface area contributed by atoms with Crippen LogP contribution in [0.15, 0.2) is 0 Å². The molecule has 1 heterocycles. The fourth-order valence-electron chi connectivity index (χ4n) is 1.58. The first-order valence-corrected chi connectivity index (χ1v) is 5.13. The van der Waals surface area contributed by atoms with E-state index in [4.69, 9.17) is 4.84 Å². The van der Waals surface area contributed by atoms with Crippen LogP contribution in [0.4, 0.5) is 0 Å². The van der Waals surface area contributed by atoms with Crippen LogP contribution in [0.5, 0.6) is 0 Å². The van der Waals surface area contributed by atoms with Crippen molar-refractivity contribution >= 4 is 6.41 Å². The third-order valence-corrected chi connectivity index (χ3v) is 2.11. The molecule has 1 unspecified atom stereocenters. The highest BCUT2D eigenvalue weighted by atomic mass is 16.7. The molecule has 1 rings (SSSR count). The number of hydroxylamine groups is 2. The molecule has 1 saturated heterocycles. The molecule has 82 valence electrons. The summed E-state index contributed by atoms with van der Waals surface area (Å²) >= 11 is 0. The van der Waals surface area contributed by atoms with Gasteiger partial charge in [0.15, 0.2) is 0 Å². The summed E-state index contributed by atoms with van der Waals surface area (Å²) in [6.45, 7) is 8.54. The smallest absolute Gasteiger partial charge is 0.233 e. The number of hydrogen-bond acceptors (Lipinski definition) is 3. The van der Waals surface area contributed by atoms with Crippen molar-refractivity contribution in [1.29, 1.82) is 0 Å². The molecule has 14 heavy (non-hydrogen) atoms. The SMILES string of the molecule is CC(C)(C)ON(C=O)CC1CCNC1. The zero-order chi connectivity index (χ0) is 10.6. The van der Waals surface area contributed by atoms with Crippen LogP contribution in [0.2, 0.25) is 0 Å². The molecule has 4 nitrogen and oxygen atoms in total. The van der Waals surface area contributed by atoms with Crippen LogP contribution in [-0.2, 0) is 9.63 Å². The van der Waals surface area contributed by atoms with E-state index in [1.807, 2.05) is 20.8 Å². The lowest BCUT2D eigenvalue weighted by Gasteiger charge is -2.28. The first-order chi connectivity index (χ1) is 6.51. The van der Waals surface area contributed by atoms with Crippen molar-refractivity contribution in [2.75, 3.05) is 19.6 Å². The van der Waals surface area contributed by atoms with Gasteiger partial charge in [-0.25, -0.2) is 5.06 Å². The Bertz CT molecular complexity index is 183. The molecule has 0 bridgehead atoms. The zero-order valence-corrected chi connectivity index (χ0v) is 9.25. The third-order valence-electron chi connectivity index (χ3n) is 2.11. The Labute approximate surface area is 85.6 Å². The molecule has 1 atom stereocenters. The zero-order valence-electron chi connectivity index (χ0n) is 9.25. The number of hydrogen-bond donors (Lipinski definition) is 1. The molecule has 0 saturated carbocycles. The minimum Gasteiger partial charge on any atom is -0.316 e. The van der Waals surface area contributed by atoms with Gasteiger partial charge in [0.25, 0.3) is 0 Å². The second kappa shape index (κ2) is 4.75. The Hall–Kier alpha value is -0.610. The Morgan fingerprint density at radius 1 is 1.57 bits per heavy atom. The maximum absolute atomic E-state index is 10.8. The predicted octanol–water partition coefficient (Wildman–Crippen LogP) is 0.784. The molecule has 1 N–H and O–H groups in total. The Kier molecular flexibility index (Phi) is 3.89. The molecule has 1 amide bonds. The lowest BCUT2D eigenvalue weighted by atomic mass is 10.1. The van der Waals surface area contributed by atoms with E-state index < -0.39 is 0 Å². The van der Waals surface area contributed by atoms with Gasteiger partial charge < -0.3 is 5.32 Å². The third kappa shape index (κ3) is 4.07. The van der Waals surface area contributed by atoms with Crippen LogP contribution in [0.1, 0.15) is 27.2 Å². The standard InChI is InChI=1S/C10H20N2O2/c1-10(2,3)14-12(8-13)7-9-4-5-11-6-9/h8-9,11H,4-7H2,1-3H3. The quantitative estimate of drug-likeness (QED) is 0.539. The van der Waals surface area contributed by atoms with Crippen molar-refractivity contribution in [3.63, 3.8) is 0 Å². The molecule has 1 aliphatic heterocycles. The number of amides is 1. The summed E-state index contributed by atoms with van der Waals surface area (Å²) in [6.07, 6.45) is 1.89. The first kappa shape index (κ1) is 11.5. The van der Waals surface area contributed by atoms with Gasteiger partial charge in [-0.2, -0.15) is 0 Å². The highest BCUT2D eigenvalue weighted by molar-refractivity contribution is 5.45. The van der Waals surface area contributed by atoms with E-state index >= 15 is 0 Å². The Balaban J connectivity index is 2.34.